The lowest BCUT2D eigenvalue weighted by molar-refractivity contribution is -0.119. The highest BCUT2D eigenvalue weighted by molar-refractivity contribution is 9.10. The Kier molecular flexibility index (Phi) is 8.88. The Labute approximate surface area is 236 Å². The first-order chi connectivity index (χ1) is 18.7. The molecule has 0 atom stereocenters. The number of fused-ring (bicyclic) bond motifs is 1. The summed E-state index contributed by atoms with van der Waals surface area (Å²) in [6, 6.07) is 24.3. The number of benzene rings is 4. The zero-order valence-corrected chi connectivity index (χ0v) is 24.1. The van der Waals surface area contributed by atoms with Crippen molar-refractivity contribution in [2.45, 2.75) is 13.5 Å². The van der Waals surface area contributed by atoms with Crippen LogP contribution in [-0.4, -0.2) is 40.4 Å². The van der Waals surface area contributed by atoms with E-state index < -0.39 is 22.5 Å². The quantitative estimate of drug-likeness (QED) is 0.191. The number of ether oxygens (including phenoxy) is 2. The van der Waals surface area contributed by atoms with Crippen molar-refractivity contribution in [3.8, 4) is 11.5 Å². The number of hydrogen-bond donors (Lipinski definition) is 1. The molecule has 0 bridgehead atoms. The summed E-state index contributed by atoms with van der Waals surface area (Å²) in [6.45, 7) is 1.97. The van der Waals surface area contributed by atoms with Crippen LogP contribution in [-0.2, 0) is 21.4 Å². The van der Waals surface area contributed by atoms with Crippen LogP contribution in [0.1, 0.15) is 16.7 Å². The van der Waals surface area contributed by atoms with Gasteiger partial charge in [0, 0.05) is 5.39 Å². The average molecular weight is 611 g/mol. The van der Waals surface area contributed by atoms with Gasteiger partial charge in [-0.25, -0.2) is 13.8 Å². The summed E-state index contributed by atoms with van der Waals surface area (Å²) < 4.78 is 38.4. The SMILES string of the molecule is COc1cc(/C=N\NC(=O)CN(c2cccc3ccccc23)S(C)(=O)=O)cc(Br)c1OCc1ccc(C)cc1. The summed E-state index contributed by atoms with van der Waals surface area (Å²) in [5.41, 5.74) is 5.66. The molecular weight excluding hydrogens is 582 g/mol. The number of aryl methyl sites for hydroxylation is 1. The van der Waals surface area contributed by atoms with Gasteiger partial charge in [0.15, 0.2) is 11.5 Å². The van der Waals surface area contributed by atoms with Crippen LogP contribution in [0.15, 0.2) is 88.4 Å². The van der Waals surface area contributed by atoms with Gasteiger partial charge in [-0.3, -0.25) is 9.10 Å². The molecule has 4 aromatic carbocycles. The van der Waals surface area contributed by atoms with Crippen molar-refractivity contribution in [2.75, 3.05) is 24.2 Å². The van der Waals surface area contributed by atoms with Gasteiger partial charge in [-0.2, -0.15) is 5.10 Å². The summed E-state index contributed by atoms with van der Waals surface area (Å²) in [7, 11) is -2.21. The van der Waals surface area contributed by atoms with E-state index in [4.69, 9.17) is 9.47 Å². The molecule has 0 saturated carbocycles. The second-order valence-electron chi connectivity index (χ2n) is 8.87. The fourth-order valence-corrected chi connectivity index (χ4v) is 5.39. The number of nitrogens with zero attached hydrogens (tertiary/aromatic N) is 2. The molecular formula is C29H28BrN3O5S. The Morgan fingerprint density at radius 2 is 1.77 bits per heavy atom. The fraction of sp³-hybridized carbons (Fsp3) is 0.172. The zero-order chi connectivity index (χ0) is 28.0. The van der Waals surface area contributed by atoms with Gasteiger partial charge in [0.25, 0.3) is 5.91 Å². The molecule has 4 rings (SSSR count). The van der Waals surface area contributed by atoms with Crippen LogP contribution in [0, 0.1) is 6.92 Å². The molecule has 4 aromatic rings. The molecule has 0 spiro atoms. The van der Waals surface area contributed by atoms with E-state index in [2.05, 4.69) is 26.5 Å². The molecule has 0 aliphatic rings. The van der Waals surface area contributed by atoms with Crippen LogP contribution >= 0.6 is 15.9 Å². The lowest BCUT2D eigenvalue weighted by Crippen LogP contribution is -2.39. The lowest BCUT2D eigenvalue weighted by atomic mass is 10.1. The van der Waals surface area contributed by atoms with Gasteiger partial charge >= 0.3 is 0 Å². The number of carbonyl (C=O) groups is 1. The van der Waals surface area contributed by atoms with Crippen molar-refractivity contribution in [2.24, 2.45) is 5.10 Å². The third kappa shape index (κ3) is 7.15. The maximum absolute atomic E-state index is 12.7. The van der Waals surface area contributed by atoms with Crippen molar-refractivity contribution >= 4 is 54.5 Å². The van der Waals surface area contributed by atoms with E-state index in [1.54, 1.807) is 24.3 Å². The van der Waals surface area contributed by atoms with Gasteiger partial charge in [-0.15, -0.1) is 0 Å². The van der Waals surface area contributed by atoms with Crippen LogP contribution in [0.3, 0.4) is 0 Å². The highest BCUT2D eigenvalue weighted by Gasteiger charge is 2.22. The van der Waals surface area contributed by atoms with Crippen molar-refractivity contribution in [3.63, 3.8) is 0 Å². The normalized spacial score (nSPS) is 11.5. The number of hydrazone groups is 1. The van der Waals surface area contributed by atoms with E-state index in [0.29, 0.717) is 33.8 Å². The summed E-state index contributed by atoms with van der Waals surface area (Å²) in [5, 5.41) is 5.61. The predicted molar refractivity (Wildman–Crippen MR) is 158 cm³/mol. The summed E-state index contributed by atoms with van der Waals surface area (Å²) >= 11 is 3.52. The number of sulfonamides is 1. The predicted octanol–water partition coefficient (Wildman–Crippen LogP) is 5.41. The monoisotopic (exact) mass is 609 g/mol. The topological polar surface area (TPSA) is 97.3 Å². The Morgan fingerprint density at radius 3 is 2.49 bits per heavy atom. The van der Waals surface area contributed by atoms with E-state index in [9.17, 15) is 13.2 Å². The van der Waals surface area contributed by atoms with Gasteiger partial charge in [0.05, 0.1) is 29.7 Å². The van der Waals surface area contributed by atoms with Gasteiger partial charge in [0.1, 0.15) is 13.2 Å². The summed E-state index contributed by atoms with van der Waals surface area (Å²) in [5.74, 6) is 0.440. The number of rotatable bonds is 10. The fourth-order valence-electron chi connectivity index (χ4n) is 3.95. The third-order valence-electron chi connectivity index (χ3n) is 5.88. The number of carbonyl (C=O) groups excluding carboxylic acids is 1. The minimum absolute atomic E-state index is 0.367. The molecule has 0 unspecified atom stereocenters. The maximum atomic E-state index is 12.7. The number of nitrogens with one attached hydrogen (secondary N) is 1. The number of methoxy groups -OCH3 is 1. The van der Waals surface area contributed by atoms with E-state index in [1.807, 2.05) is 61.5 Å². The molecule has 202 valence electrons. The van der Waals surface area contributed by atoms with Gasteiger partial charge in [-0.1, -0.05) is 66.2 Å². The number of hydrogen-bond acceptors (Lipinski definition) is 6. The number of anilines is 1. The molecule has 1 amide bonds. The van der Waals surface area contributed by atoms with Gasteiger partial charge in [0.2, 0.25) is 10.0 Å². The molecule has 0 heterocycles. The third-order valence-corrected chi connectivity index (χ3v) is 7.60. The van der Waals surface area contributed by atoms with Crippen LogP contribution in [0.4, 0.5) is 5.69 Å². The molecule has 0 aliphatic carbocycles. The van der Waals surface area contributed by atoms with E-state index in [1.165, 1.54) is 18.9 Å². The smallest absolute Gasteiger partial charge is 0.260 e. The van der Waals surface area contributed by atoms with E-state index in [0.717, 1.165) is 26.9 Å². The first-order valence-electron chi connectivity index (χ1n) is 12.0. The highest BCUT2D eigenvalue weighted by Crippen LogP contribution is 2.37. The largest absolute Gasteiger partial charge is 0.493 e. The highest BCUT2D eigenvalue weighted by atomic mass is 79.9. The van der Waals surface area contributed by atoms with E-state index >= 15 is 0 Å². The standard InChI is InChI=1S/C29H28BrN3O5S/c1-20-11-13-21(14-12-20)19-38-29-25(30)15-22(16-27(29)37-2)17-31-32-28(34)18-33(39(3,35)36)26-10-6-8-23-7-4-5-9-24(23)26/h4-17H,18-19H2,1-3H3,(H,32,34)/b31-17-. The molecule has 1 N–H and O–H groups in total. The Balaban J connectivity index is 1.45. The lowest BCUT2D eigenvalue weighted by Gasteiger charge is -2.23. The molecule has 39 heavy (non-hydrogen) atoms. The van der Waals surface area contributed by atoms with Crippen molar-refractivity contribution in [3.05, 3.63) is 100 Å². The van der Waals surface area contributed by atoms with Gasteiger partial charge < -0.3 is 9.47 Å². The van der Waals surface area contributed by atoms with Crippen molar-refractivity contribution in [1.82, 2.24) is 5.43 Å². The van der Waals surface area contributed by atoms with Crippen LogP contribution < -0.4 is 19.2 Å². The molecule has 0 aromatic heterocycles. The molecule has 8 nitrogen and oxygen atoms in total. The van der Waals surface area contributed by atoms with Crippen molar-refractivity contribution in [1.29, 1.82) is 0 Å². The first-order valence-corrected chi connectivity index (χ1v) is 14.6. The van der Waals surface area contributed by atoms with Crippen LogP contribution in [0.25, 0.3) is 10.8 Å². The molecule has 10 heteroatoms. The van der Waals surface area contributed by atoms with Crippen LogP contribution in [0.5, 0.6) is 11.5 Å². The molecule has 0 fully saturated rings. The Hall–Kier alpha value is -3.89. The zero-order valence-electron chi connectivity index (χ0n) is 21.7. The van der Waals surface area contributed by atoms with Crippen LogP contribution in [0.2, 0.25) is 0 Å². The Bertz CT molecular complexity index is 1620. The number of amides is 1. The second-order valence-corrected chi connectivity index (χ2v) is 11.6. The van der Waals surface area contributed by atoms with Crippen molar-refractivity contribution < 1.29 is 22.7 Å². The first kappa shape index (κ1) is 28.1. The number of halogens is 1. The minimum Gasteiger partial charge on any atom is -0.493 e. The Morgan fingerprint density at radius 1 is 1.05 bits per heavy atom. The molecule has 0 radical (unpaired) electrons. The minimum atomic E-state index is -3.74. The second kappa shape index (κ2) is 12.3. The summed E-state index contributed by atoms with van der Waals surface area (Å²) in [6.07, 6.45) is 2.51. The summed E-state index contributed by atoms with van der Waals surface area (Å²) in [4.78, 5) is 12.7. The molecule has 0 saturated heterocycles. The maximum Gasteiger partial charge on any atom is 0.260 e. The van der Waals surface area contributed by atoms with E-state index in [-0.39, 0.29) is 0 Å². The molecule has 0 aliphatic heterocycles. The average Bonchev–Trinajstić information content (AvgIpc) is 2.91. The van der Waals surface area contributed by atoms with Gasteiger partial charge in [-0.05, 0) is 57.6 Å².